The fourth-order valence-corrected chi connectivity index (χ4v) is 4.04. The van der Waals surface area contributed by atoms with E-state index in [-0.39, 0.29) is 22.1 Å². The number of aromatic nitrogens is 3. The monoisotopic (exact) mass is 485 g/mol. The molecular formula is C17H19N5O8S2. The number of benzene rings is 2. The van der Waals surface area contributed by atoms with E-state index in [1.54, 1.807) is 18.2 Å². The smallest absolute Gasteiger partial charge is 0.380 e. The van der Waals surface area contributed by atoms with E-state index in [2.05, 4.69) is 19.4 Å². The molecule has 2 atom stereocenters. The summed E-state index contributed by atoms with van der Waals surface area (Å²) >= 11 is -2.11. The van der Waals surface area contributed by atoms with Crippen LogP contribution >= 0.6 is 0 Å². The molecule has 0 bridgehead atoms. The molecule has 0 aliphatic carbocycles. The van der Waals surface area contributed by atoms with Crippen molar-refractivity contribution in [2.24, 2.45) is 11.0 Å². The van der Waals surface area contributed by atoms with Crippen LogP contribution < -0.4 is 24.7 Å². The second-order valence-corrected chi connectivity index (χ2v) is 8.27. The van der Waals surface area contributed by atoms with Gasteiger partial charge in [0.2, 0.25) is 11.1 Å². The minimum absolute atomic E-state index is 0.130. The van der Waals surface area contributed by atoms with Gasteiger partial charge in [0.15, 0.2) is 11.5 Å². The molecule has 1 heterocycles. The van der Waals surface area contributed by atoms with Crippen LogP contribution in [0.2, 0.25) is 0 Å². The van der Waals surface area contributed by atoms with Crippen molar-refractivity contribution in [2.75, 3.05) is 14.2 Å². The molecule has 0 amide bonds. The van der Waals surface area contributed by atoms with Crippen LogP contribution in [-0.4, -0.2) is 41.6 Å². The van der Waals surface area contributed by atoms with E-state index in [0.717, 1.165) is 0 Å². The largest absolute Gasteiger partial charge is 0.495 e. The molecular weight excluding hydrogens is 466 g/mol. The van der Waals surface area contributed by atoms with Crippen molar-refractivity contribution in [3.8, 4) is 17.2 Å². The Kier molecular flexibility index (Phi) is 7.39. The Balaban J connectivity index is 2.17. The first-order valence-electron chi connectivity index (χ1n) is 8.65. The summed E-state index contributed by atoms with van der Waals surface area (Å²) in [6.07, 6.45) is 2.78. The Bertz CT molecular complexity index is 1200. The molecule has 1 aromatic heterocycles. The Labute approximate surface area is 185 Å². The third-order valence-electron chi connectivity index (χ3n) is 4.19. The minimum atomic E-state index is -4.32. The molecule has 0 saturated heterocycles. The summed E-state index contributed by atoms with van der Waals surface area (Å²) < 4.78 is 56.6. The average molecular weight is 486 g/mol. The Morgan fingerprint density at radius 2 is 1.69 bits per heavy atom. The highest BCUT2D eigenvalue weighted by Crippen LogP contribution is 2.36. The molecule has 3 aromatic rings. The van der Waals surface area contributed by atoms with Crippen molar-refractivity contribution in [3.63, 3.8) is 0 Å². The number of nitrogens with two attached hydrogens (primary N) is 2. The molecule has 0 fully saturated rings. The molecule has 2 aromatic carbocycles. The SMILES string of the molecule is COc1ccc(C(c2ccc(OC)c(S(=O)OON)c2)n2cncn2)cc1OS(N)(=O)=O. The molecule has 0 spiro atoms. The molecule has 0 radical (unpaired) electrons. The van der Waals surface area contributed by atoms with Crippen molar-refractivity contribution in [1.29, 1.82) is 0 Å². The molecule has 15 heteroatoms. The number of rotatable bonds is 10. The second-order valence-electron chi connectivity index (χ2n) is 6.07. The highest BCUT2D eigenvalue weighted by molar-refractivity contribution is 7.84. The molecule has 172 valence electrons. The van der Waals surface area contributed by atoms with Crippen LogP contribution in [-0.2, 0) is 30.7 Å². The van der Waals surface area contributed by atoms with Crippen LogP contribution in [0.5, 0.6) is 17.2 Å². The van der Waals surface area contributed by atoms with E-state index in [9.17, 15) is 12.6 Å². The lowest BCUT2D eigenvalue weighted by Crippen LogP contribution is -2.20. The summed E-state index contributed by atoms with van der Waals surface area (Å²) in [7, 11) is -1.57. The van der Waals surface area contributed by atoms with E-state index in [1.807, 2.05) is 0 Å². The van der Waals surface area contributed by atoms with Crippen LogP contribution in [0.1, 0.15) is 17.2 Å². The zero-order valence-electron chi connectivity index (χ0n) is 16.8. The van der Waals surface area contributed by atoms with Gasteiger partial charge in [0.05, 0.1) is 14.2 Å². The van der Waals surface area contributed by atoms with Gasteiger partial charge in [-0.15, -0.1) is 9.32 Å². The maximum absolute atomic E-state index is 12.4. The Morgan fingerprint density at radius 3 is 2.25 bits per heavy atom. The predicted octanol–water partition coefficient (Wildman–Crippen LogP) is 0.360. The lowest BCUT2D eigenvalue weighted by atomic mass is 9.98. The van der Waals surface area contributed by atoms with Gasteiger partial charge < -0.3 is 13.7 Å². The van der Waals surface area contributed by atoms with E-state index < -0.39 is 27.4 Å². The van der Waals surface area contributed by atoms with Gasteiger partial charge in [0.25, 0.3) is 0 Å². The van der Waals surface area contributed by atoms with Gasteiger partial charge in [-0.2, -0.15) is 24.6 Å². The summed E-state index contributed by atoms with van der Waals surface area (Å²) in [5, 5.41) is 9.20. The van der Waals surface area contributed by atoms with Gasteiger partial charge in [0, 0.05) is 0 Å². The molecule has 0 aliphatic rings. The van der Waals surface area contributed by atoms with Gasteiger partial charge in [-0.1, -0.05) is 12.1 Å². The molecule has 0 saturated carbocycles. The van der Waals surface area contributed by atoms with Gasteiger partial charge in [0.1, 0.15) is 29.3 Å². The number of ether oxygens (including phenoxy) is 2. The highest BCUT2D eigenvalue weighted by atomic mass is 32.2. The van der Waals surface area contributed by atoms with Crippen molar-refractivity contribution in [3.05, 3.63) is 60.2 Å². The zero-order chi connectivity index (χ0) is 23.3. The number of hydrogen-bond acceptors (Lipinski definition) is 11. The van der Waals surface area contributed by atoms with Gasteiger partial charge in [-0.25, -0.2) is 13.9 Å². The molecule has 2 unspecified atom stereocenters. The molecule has 13 nitrogen and oxygen atoms in total. The summed E-state index contributed by atoms with van der Waals surface area (Å²) in [5.41, 5.74) is 1.08. The first-order valence-corrected chi connectivity index (χ1v) is 11.2. The summed E-state index contributed by atoms with van der Waals surface area (Å²) in [6.45, 7) is 0. The van der Waals surface area contributed by atoms with E-state index in [4.69, 9.17) is 24.7 Å². The standard InChI is InChI=1S/C17H19N5O8S2/c1-26-13-5-3-11(7-15(13)28-32(19,24)25)17(22-10-20-9-21-22)12-4-6-14(27-2)16(8-12)31(23)30-29-18/h3-10,17H,18H2,1-2H3,(H2,19,24,25). The van der Waals surface area contributed by atoms with Crippen molar-refractivity contribution in [1.82, 2.24) is 14.8 Å². The fourth-order valence-electron chi connectivity index (χ4n) is 2.97. The Hall–Kier alpha value is -3.08. The fraction of sp³-hybridized carbons (Fsp3) is 0.176. The predicted molar refractivity (Wildman–Crippen MR) is 110 cm³/mol. The highest BCUT2D eigenvalue weighted by Gasteiger charge is 2.24. The van der Waals surface area contributed by atoms with Crippen molar-refractivity contribution < 1.29 is 35.6 Å². The normalized spacial score (nSPS) is 13.4. The molecule has 32 heavy (non-hydrogen) atoms. The number of nitrogens with zero attached hydrogens (tertiary/aromatic N) is 3. The third kappa shape index (κ3) is 5.39. The van der Waals surface area contributed by atoms with Gasteiger partial charge in [-0.3, -0.25) is 0 Å². The first-order chi connectivity index (χ1) is 15.3. The second kappa shape index (κ2) is 10.0. The van der Waals surface area contributed by atoms with E-state index in [0.29, 0.717) is 11.1 Å². The van der Waals surface area contributed by atoms with Crippen molar-refractivity contribution in [2.45, 2.75) is 10.9 Å². The van der Waals surface area contributed by atoms with Crippen LogP contribution in [0.3, 0.4) is 0 Å². The van der Waals surface area contributed by atoms with Crippen LogP contribution in [0.4, 0.5) is 0 Å². The lowest BCUT2D eigenvalue weighted by molar-refractivity contribution is -0.201. The van der Waals surface area contributed by atoms with E-state index in [1.165, 1.54) is 49.8 Å². The van der Waals surface area contributed by atoms with Crippen LogP contribution in [0.25, 0.3) is 0 Å². The quantitative estimate of drug-likeness (QED) is 0.299. The van der Waals surface area contributed by atoms with Gasteiger partial charge in [-0.05, 0) is 35.4 Å². The zero-order valence-corrected chi connectivity index (χ0v) is 18.4. The Morgan fingerprint density at radius 1 is 1.03 bits per heavy atom. The topological polar surface area (TPSA) is 180 Å². The van der Waals surface area contributed by atoms with E-state index >= 15 is 0 Å². The van der Waals surface area contributed by atoms with Gasteiger partial charge >= 0.3 is 10.3 Å². The summed E-state index contributed by atoms with van der Waals surface area (Å²) in [4.78, 5) is 8.12. The van der Waals surface area contributed by atoms with Crippen LogP contribution in [0.15, 0.2) is 53.9 Å². The minimum Gasteiger partial charge on any atom is -0.495 e. The van der Waals surface area contributed by atoms with Crippen molar-refractivity contribution >= 4 is 21.4 Å². The molecule has 3 rings (SSSR count). The first kappa shape index (κ1) is 23.6. The lowest BCUT2D eigenvalue weighted by Gasteiger charge is -2.21. The van der Waals surface area contributed by atoms with Crippen LogP contribution in [0, 0.1) is 0 Å². The number of methoxy groups -OCH3 is 2. The maximum atomic E-state index is 12.4. The number of hydrogen-bond donors (Lipinski definition) is 2. The summed E-state index contributed by atoms with van der Waals surface area (Å²) in [6, 6.07) is 8.74. The summed E-state index contributed by atoms with van der Waals surface area (Å²) in [5.74, 6) is 5.13. The average Bonchev–Trinajstić information content (AvgIpc) is 3.27. The maximum Gasteiger partial charge on any atom is 0.380 e. The molecule has 4 N–H and O–H groups in total. The molecule has 0 aliphatic heterocycles. The third-order valence-corrected chi connectivity index (χ3v) is 5.49.